The molecule has 0 bridgehead atoms. The number of likely N-dealkylation sites (N-methyl/N-ethyl adjacent to an activating group) is 1. The minimum Gasteiger partial charge on any atom is -0.480 e. The molecule has 16 heavy (non-hydrogen) atoms. The molecule has 6 nitrogen and oxygen atoms in total. The quantitative estimate of drug-likeness (QED) is 0.579. The van der Waals surface area contributed by atoms with E-state index in [9.17, 15) is 9.59 Å². The SMILES string of the molecule is CN[C@@H](COCC(=O)NC(C)(C)C)C(=O)O. The van der Waals surface area contributed by atoms with Crippen LogP contribution in [0.3, 0.4) is 0 Å². The van der Waals surface area contributed by atoms with Gasteiger partial charge in [0.25, 0.3) is 0 Å². The molecule has 0 aromatic heterocycles. The van der Waals surface area contributed by atoms with Crippen LogP contribution in [0.4, 0.5) is 0 Å². The first-order chi connectivity index (χ1) is 7.26. The lowest BCUT2D eigenvalue weighted by atomic mass is 10.1. The van der Waals surface area contributed by atoms with Crippen LogP contribution in [0.5, 0.6) is 0 Å². The lowest BCUT2D eigenvalue weighted by Gasteiger charge is -2.20. The maximum absolute atomic E-state index is 11.3. The summed E-state index contributed by atoms with van der Waals surface area (Å²) in [6, 6.07) is -0.789. The van der Waals surface area contributed by atoms with Gasteiger partial charge in [-0.05, 0) is 27.8 Å². The maximum Gasteiger partial charge on any atom is 0.323 e. The number of amides is 1. The Kier molecular flexibility index (Phi) is 5.98. The Morgan fingerprint density at radius 1 is 1.38 bits per heavy atom. The summed E-state index contributed by atoms with van der Waals surface area (Å²) in [5.74, 6) is -1.26. The van der Waals surface area contributed by atoms with Crippen LogP contribution in [-0.2, 0) is 14.3 Å². The molecule has 1 amide bonds. The van der Waals surface area contributed by atoms with Gasteiger partial charge >= 0.3 is 5.97 Å². The second kappa shape index (κ2) is 6.44. The molecular weight excluding hydrogens is 212 g/mol. The monoisotopic (exact) mass is 232 g/mol. The van der Waals surface area contributed by atoms with E-state index in [4.69, 9.17) is 9.84 Å². The first-order valence-corrected chi connectivity index (χ1v) is 5.05. The van der Waals surface area contributed by atoms with E-state index < -0.39 is 12.0 Å². The predicted octanol–water partition coefficient (Wildman–Crippen LogP) is -0.410. The van der Waals surface area contributed by atoms with Gasteiger partial charge in [0.05, 0.1) is 6.61 Å². The number of rotatable bonds is 6. The van der Waals surface area contributed by atoms with Crippen molar-refractivity contribution in [3.05, 3.63) is 0 Å². The minimum atomic E-state index is -1.00. The highest BCUT2D eigenvalue weighted by Gasteiger charge is 2.17. The van der Waals surface area contributed by atoms with E-state index in [-0.39, 0.29) is 24.7 Å². The Morgan fingerprint density at radius 3 is 2.31 bits per heavy atom. The van der Waals surface area contributed by atoms with E-state index in [1.807, 2.05) is 20.8 Å². The molecule has 0 unspecified atom stereocenters. The fourth-order valence-electron chi connectivity index (χ4n) is 1.00. The number of nitrogens with one attached hydrogen (secondary N) is 2. The van der Waals surface area contributed by atoms with E-state index in [0.29, 0.717) is 0 Å². The molecule has 0 aromatic rings. The third-order valence-electron chi connectivity index (χ3n) is 1.68. The molecule has 0 fully saturated rings. The zero-order valence-electron chi connectivity index (χ0n) is 10.2. The molecule has 0 aliphatic rings. The standard InChI is InChI=1S/C10H20N2O4/c1-10(2,3)12-8(13)6-16-5-7(11-4)9(14)15/h7,11H,5-6H2,1-4H3,(H,12,13)(H,14,15)/t7-/m0/s1. The highest BCUT2D eigenvalue weighted by atomic mass is 16.5. The number of hydrogen-bond donors (Lipinski definition) is 3. The van der Waals surface area contributed by atoms with Crippen molar-refractivity contribution in [2.24, 2.45) is 0 Å². The molecule has 0 radical (unpaired) electrons. The Hall–Kier alpha value is -1.14. The third kappa shape index (κ3) is 7.19. The van der Waals surface area contributed by atoms with Crippen molar-refractivity contribution in [1.29, 1.82) is 0 Å². The predicted molar refractivity (Wildman–Crippen MR) is 59.2 cm³/mol. The number of carbonyl (C=O) groups is 2. The second-order valence-electron chi connectivity index (χ2n) is 4.49. The Morgan fingerprint density at radius 2 is 1.94 bits per heavy atom. The molecule has 0 rings (SSSR count). The molecule has 0 saturated carbocycles. The number of carboxylic acid groups (broad SMARTS) is 1. The summed E-state index contributed by atoms with van der Waals surface area (Å²) in [6.07, 6.45) is 0. The summed E-state index contributed by atoms with van der Waals surface area (Å²) >= 11 is 0. The number of hydrogen-bond acceptors (Lipinski definition) is 4. The van der Waals surface area contributed by atoms with Gasteiger partial charge < -0.3 is 20.5 Å². The molecule has 94 valence electrons. The van der Waals surface area contributed by atoms with Crippen LogP contribution in [0.1, 0.15) is 20.8 Å². The minimum absolute atomic E-state index is 0.0383. The van der Waals surface area contributed by atoms with E-state index in [0.717, 1.165) is 0 Å². The highest BCUT2D eigenvalue weighted by molar-refractivity contribution is 5.78. The topological polar surface area (TPSA) is 87.7 Å². The number of ether oxygens (including phenoxy) is 1. The summed E-state index contributed by atoms with van der Waals surface area (Å²) in [4.78, 5) is 21.9. The summed E-state index contributed by atoms with van der Waals surface area (Å²) < 4.78 is 5.00. The number of carboxylic acids is 1. The van der Waals surface area contributed by atoms with Gasteiger partial charge in [-0.1, -0.05) is 0 Å². The summed E-state index contributed by atoms with van der Waals surface area (Å²) in [5.41, 5.74) is -0.310. The number of carbonyl (C=O) groups excluding carboxylic acids is 1. The first kappa shape index (κ1) is 14.9. The van der Waals surface area contributed by atoms with Crippen molar-refractivity contribution in [3.8, 4) is 0 Å². The molecule has 0 aromatic carbocycles. The first-order valence-electron chi connectivity index (χ1n) is 5.05. The van der Waals surface area contributed by atoms with Crippen molar-refractivity contribution in [2.45, 2.75) is 32.4 Å². The fraction of sp³-hybridized carbons (Fsp3) is 0.800. The van der Waals surface area contributed by atoms with Gasteiger partial charge in [-0.25, -0.2) is 0 Å². The van der Waals surface area contributed by atoms with Gasteiger partial charge in [-0.3, -0.25) is 9.59 Å². The van der Waals surface area contributed by atoms with E-state index in [1.165, 1.54) is 7.05 Å². The van der Waals surface area contributed by atoms with E-state index in [1.54, 1.807) is 0 Å². The van der Waals surface area contributed by atoms with Crippen molar-refractivity contribution in [1.82, 2.24) is 10.6 Å². The van der Waals surface area contributed by atoms with Gasteiger partial charge in [0.15, 0.2) is 0 Å². The molecular formula is C10H20N2O4. The van der Waals surface area contributed by atoms with E-state index in [2.05, 4.69) is 10.6 Å². The molecule has 1 atom stereocenters. The molecule has 3 N–H and O–H groups in total. The Labute approximate surface area is 95.4 Å². The van der Waals surface area contributed by atoms with Crippen LogP contribution in [0.25, 0.3) is 0 Å². The molecule has 0 spiro atoms. The smallest absolute Gasteiger partial charge is 0.323 e. The van der Waals surface area contributed by atoms with Crippen LogP contribution < -0.4 is 10.6 Å². The van der Waals surface area contributed by atoms with Gasteiger partial charge in [-0.15, -0.1) is 0 Å². The second-order valence-corrected chi connectivity index (χ2v) is 4.49. The number of aliphatic carboxylic acids is 1. The van der Waals surface area contributed by atoms with Crippen molar-refractivity contribution in [3.63, 3.8) is 0 Å². The van der Waals surface area contributed by atoms with Crippen LogP contribution in [0.2, 0.25) is 0 Å². The molecule has 0 heterocycles. The average molecular weight is 232 g/mol. The fourth-order valence-corrected chi connectivity index (χ4v) is 1.00. The molecule has 0 saturated heterocycles. The van der Waals surface area contributed by atoms with Gasteiger partial charge in [0.1, 0.15) is 12.6 Å². The largest absolute Gasteiger partial charge is 0.480 e. The third-order valence-corrected chi connectivity index (χ3v) is 1.68. The van der Waals surface area contributed by atoms with Gasteiger partial charge in [0, 0.05) is 5.54 Å². The van der Waals surface area contributed by atoms with Crippen LogP contribution in [0, 0.1) is 0 Å². The summed E-state index contributed by atoms with van der Waals surface area (Å²) in [5, 5.41) is 14.0. The molecule has 0 aliphatic heterocycles. The van der Waals surface area contributed by atoms with Crippen LogP contribution >= 0.6 is 0 Å². The van der Waals surface area contributed by atoms with Gasteiger partial charge in [-0.2, -0.15) is 0 Å². The lowest BCUT2D eigenvalue weighted by molar-refractivity contribution is -0.142. The highest BCUT2D eigenvalue weighted by Crippen LogP contribution is 1.97. The van der Waals surface area contributed by atoms with Crippen LogP contribution in [-0.4, -0.2) is 48.8 Å². The molecule has 6 heteroatoms. The maximum atomic E-state index is 11.3. The Balaban J connectivity index is 3.81. The average Bonchev–Trinajstić information content (AvgIpc) is 2.08. The van der Waals surface area contributed by atoms with Gasteiger partial charge in [0.2, 0.25) is 5.91 Å². The summed E-state index contributed by atoms with van der Waals surface area (Å²) in [6.45, 7) is 5.40. The van der Waals surface area contributed by atoms with E-state index >= 15 is 0 Å². The summed E-state index contributed by atoms with van der Waals surface area (Å²) in [7, 11) is 1.53. The zero-order chi connectivity index (χ0) is 12.8. The van der Waals surface area contributed by atoms with Crippen molar-refractivity contribution in [2.75, 3.05) is 20.3 Å². The lowest BCUT2D eigenvalue weighted by Crippen LogP contribution is -2.44. The molecule has 0 aliphatic carbocycles. The van der Waals surface area contributed by atoms with Crippen molar-refractivity contribution < 1.29 is 19.4 Å². The zero-order valence-corrected chi connectivity index (χ0v) is 10.2. The van der Waals surface area contributed by atoms with Crippen LogP contribution in [0.15, 0.2) is 0 Å². The normalized spacial score (nSPS) is 13.2. The van der Waals surface area contributed by atoms with Crippen molar-refractivity contribution >= 4 is 11.9 Å². The Bertz CT molecular complexity index is 248.